The van der Waals surface area contributed by atoms with Crippen LogP contribution in [0.25, 0.3) is 21.8 Å². The molecule has 4 rings (SSSR count). The topological polar surface area (TPSA) is 66.9 Å². The molecule has 6 heteroatoms. The van der Waals surface area contributed by atoms with Gasteiger partial charge in [0.15, 0.2) is 0 Å². The van der Waals surface area contributed by atoms with Crippen LogP contribution >= 0.6 is 0 Å². The van der Waals surface area contributed by atoms with Crippen molar-refractivity contribution in [2.24, 2.45) is 0 Å². The van der Waals surface area contributed by atoms with Gasteiger partial charge in [-0.3, -0.25) is 10.1 Å². The van der Waals surface area contributed by atoms with E-state index in [-0.39, 0.29) is 0 Å². The Balaban J connectivity index is 1.70. The summed E-state index contributed by atoms with van der Waals surface area (Å²) in [6.07, 6.45) is 2.57. The molecule has 3 aromatic heterocycles. The Kier molecular flexibility index (Phi) is 4.73. The van der Waals surface area contributed by atoms with E-state index in [2.05, 4.69) is 51.4 Å². The SMILES string of the molecule is COCCN(C)c1nc(C)cc2cc(Cc3[nH]nc4cccnc34)ccc12. The summed E-state index contributed by atoms with van der Waals surface area (Å²) in [5.74, 6) is 0.988. The van der Waals surface area contributed by atoms with E-state index in [1.165, 1.54) is 10.9 Å². The second-order valence-corrected chi connectivity index (χ2v) is 6.81. The summed E-state index contributed by atoms with van der Waals surface area (Å²) in [5.41, 5.74) is 5.09. The second kappa shape index (κ2) is 7.32. The van der Waals surface area contributed by atoms with E-state index in [4.69, 9.17) is 9.72 Å². The van der Waals surface area contributed by atoms with Gasteiger partial charge in [-0.05, 0) is 36.1 Å². The Morgan fingerprint density at radius 2 is 2.07 bits per heavy atom. The first-order chi connectivity index (χ1) is 13.2. The number of ether oxygens (including phenoxy) is 1. The molecular formula is C21H23N5O. The predicted octanol–water partition coefficient (Wildman–Crippen LogP) is 3.49. The number of aromatic amines is 1. The van der Waals surface area contributed by atoms with E-state index in [0.29, 0.717) is 6.61 Å². The molecule has 0 aliphatic rings. The van der Waals surface area contributed by atoms with Crippen LogP contribution in [0.2, 0.25) is 0 Å². The Labute approximate surface area is 158 Å². The van der Waals surface area contributed by atoms with Gasteiger partial charge in [-0.15, -0.1) is 0 Å². The number of H-pyrrole nitrogens is 1. The average Bonchev–Trinajstić information content (AvgIpc) is 3.08. The number of anilines is 1. The molecule has 3 heterocycles. The van der Waals surface area contributed by atoms with Crippen LogP contribution in [-0.4, -0.2) is 47.5 Å². The van der Waals surface area contributed by atoms with Gasteiger partial charge in [-0.25, -0.2) is 4.98 Å². The minimum Gasteiger partial charge on any atom is -0.383 e. The van der Waals surface area contributed by atoms with Crippen LogP contribution in [0, 0.1) is 6.92 Å². The zero-order chi connectivity index (χ0) is 18.8. The van der Waals surface area contributed by atoms with Crippen molar-refractivity contribution in [2.75, 3.05) is 32.2 Å². The number of benzene rings is 1. The minimum absolute atomic E-state index is 0.672. The summed E-state index contributed by atoms with van der Waals surface area (Å²) in [5, 5.41) is 9.81. The Hall–Kier alpha value is -2.99. The lowest BCUT2D eigenvalue weighted by Crippen LogP contribution is -2.23. The number of hydrogen-bond donors (Lipinski definition) is 1. The first-order valence-electron chi connectivity index (χ1n) is 9.04. The van der Waals surface area contributed by atoms with Crippen molar-refractivity contribution in [3.8, 4) is 0 Å². The molecule has 1 N–H and O–H groups in total. The lowest BCUT2D eigenvalue weighted by Gasteiger charge is -2.20. The number of fused-ring (bicyclic) bond motifs is 2. The lowest BCUT2D eigenvalue weighted by atomic mass is 10.0. The minimum atomic E-state index is 0.672. The lowest BCUT2D eigenvalue weighted by molar-refractivity contribution is 0.206. The van der Waals surface area contributed by atoms with Crippen LogP contribution in [0.4, 0.5) is 5.82 Å². The first-order valence-corrected chi connectivity index (χ1v) is 9.04. The molecule has 27 heavy (non-hydrogen) atoms. The quantitative estimate of drug-likeness (QED) is 0.569. The molecule has 138 valence electrons. The molecule has 0 atom stereocenters. The van der Waals surface area contributed by atoms with Crippen LogP contribution in [0.1, 0.15) is 17.0 Å². The van der Waals surface area contributed by atoms with Gasteiger partial charge >= 0.3 is 0 Å². The zero-order valence-electron chi connectivity index (χ0n) is 15.9. The maximum atomic E-state index is 5.20. The van der Waals surface area contributed by atoms with Crippen LogP contribution in [0.3, 0.4) is 0 Å². The Bertz CT molecular complexity index is 1090. The summed E-state index contributed by atoms with van der Waals surface area (Å²) in [6.45, 7) is 3.51. The van der Waals surface area contributed by atoms with Crippen molar-refractivity contribution in [2.45, 2.75) is 13.3 Å². The van der Waals surface area contributed by atoms with E-state index in [9.17, 15) is 0 Å². The Morgan fingerprint density at radius 3 is 2.93 bits per heavy atom. The van der Waals surface area contributed by atoms with E-state index in [1.807, 2.05) is 19.1 Å². The zero-order valence-corrected chi connectivity index (χ0v) is 15.9. The summed E-state index contributed by atoms with van der Waals surface area (Å²) < 4.78 is 5.20. The molecule has 0 saturated heterocycles. The standard InChI is InChI=1S/C21H23N5O/c1-14-11-16-12-15(13-19-20-18(24-25-19)5-4-8-22-20)6-7-17(16)21(23-14)26(2)9-10-27-3/h4-8,11-12H,9-10,13H2,1-3H3,(H,24,25). The highest BCUT2D eigenvalue weighted by Crippen LogP contribution is 2.27. The van der Waals surface area contributed by atoms with Gasteiger partial charge in [-0.1, -0.05) is 18.2 Å². The smallest absolute Gasteiger partial charge is 0.136 e. The maximum Gasteiger partial charge on any atom is 0.136 e. The normalized spacial score (nSPS) is 11.4. The van der Waals surface area contributed by atoms with Crippen LogP contribution < -0.4 is 4.90 Å². The fourth-order valence-electron chi connectivity index (χ4n) is 3.38. The molecule has 0 bridgehead atoms. The van der Waals surface area contributed by atoms with Crippen molar-refractivity contribution in [3.63, 3.8) is 0 Å². The van der Waals surface area contributed by atoms with Crippen LogP contribution in [0.15, 0.2) is 42.6 Å². The van der Waals surface area contributed by atoms with E-state index >= 15 is 0 Å². The van der Waals surface area contributed by atoms with Crippen molar-refractivity contribution in [1.29, 1.82) is 0 Å². The third kappa shape index (κ3) is 3.48. The van der Waals surface area contributed by atoms with Crippen LogP contribution in [0.5, 0.6) is 0 Å². The Morgan fingerprint density at radius 1 is 1.19 bits per heavy atom. The summed E-state index contributed by atoms with van der Waals surface area (Å²) in [6, 6.07) is 12.5. The van der Waals surface area contributed by atoms with Crippen molar-refractivity contribution in [1.82, 2.24) is 20.2 Å². The average molecular weight is 361 g/mol. The molecule has 1 aromatic carbocycles. The van der Waals surface area contributed by atoms with Crippen LogP contribution in [-0.2, 0) is 11.2 Å². The van der Waals surface area contributed by atoms with Gasteiger partial charge in [0.25, 0.3) is 0 Å². The second-order valence-electron chi connectivity index (χ2n) is 6.81. The summed E-state index contributed by atoms with van der Waals surface area (Å²) in [4.78, 5) is 11.3. The highest BCUT2D eigenvalue weighted by Gasteiger charge is 2.11. The number of pyridine rings is 2. The monoisotopic (exact) mass is 361 g/mol. The van der Waals surface area contributed by atoms with Crippen molar-refractivity contribution < 1.29 is 4.74 Å². The number of methoxy groups -OCH3 is 1. The largest absolute Gasteiger partial charge is 0.383 e. The molecule has 4 aromatic rings. The van der Waals surface area contributed by atoms with E-state index < -0.39 is 0 Å². The number of nitrogens with zero attached hydrogens (tertiary/aromatic N) is 4. The number of aryl methyl sites for hydroxylation is 1. The fraction of sp³-hybridized carbons (Fsp3) is 0.286. The van der Waals surface area contributed by atoms with Crippen molar-refractivity contribution in [3.05, 3.63) is 59.5 Å². The first kappa shape index (κ1) is 17.4. The molecular weight excluding hydrogens is 338 g/mol. The van der Waals surface area contributed by atoms with Gasteiger partial charge in [0.1, 0.15) is 16.9 Å². The number of nitrogens with one attached hydrogen (secondary N) is 1. The number of aromatic nitrogens is 4. The number of hydrogen-bond acceptors (Lipinski definition) is 5. The van der Waals surface area contributed by atoms with E-state index in [0.717, 1.165) is 46.6 Å². The van der Waals surface area contributed by atoms with Gasteiger partial charge in [0.05, 0.1) is 12.3 Å². The number of likely N-dealkylation sites (N-methyl/N-ethyl adjacent to an activating group) is 1. The third-order valence-corrected chi connectivity index (χ3v) is 4.76. The summed E-state index contributed by atoms with van der Waals surface area (Å²) in [7, 11) is 3.77. The molecule has 6 nitrogen and oxygen atoms in total. The maximum absolute atomic E-state index is 5.20. The molecule has 0 aliphatic heterocycles. The third-order valence-electron chi connectivity index (χ3n) is 4.76. The summed E-state index contributed by atoms with van der Waals surface area (Å²) >= 11 is 0. The molecule has 0 amide bonds. The highest BCUT2D eigenvalue weighted by molar-refractivity contribution is 5.93. The van der Waals surface area contributed by atoms with Gasteiger partial charge in [-0.2, -0.15) is 5.10 Å². The van der Waals surface area contributed by atoms with Crippen molar-refractivity contribution >= 4 is 27.6 Å². The molecule has 0 aliphatic carbocycles. The molecule has 0 saturated carbocycles. The number of rotatable bonds is 6. The van der Waals surface area contributed by atoms with Gasteiger partial charge < -0.3 is 9.64 Å². The predicted molar refractivity (Wildman–Crippen MR) is 108 cm³/mol. The van der Waals surface area contributed by atoms with Gasteiger partial charge in [0, 0.05) is 44.4 Å². The molecule has 0 fully saturated rings. The van der Waals surface area contributed by atoms with E-state index in [1.54, 1.807) is 13.3 Å². The van der Waals surface area contributed by atoms with Gasteiger partial charge in [0.2, 0.25) is 0 Å². The molecule has 0 spiro atoms. The molecule has 0 unspecified atom stereocenters. The molecule has 0 radical (unpaired) electrons. The fourth-order valence-corrected chi connectivity index (χ4v) is 3.38. The highest BCUT2D eigenvalue weighted by atomic mass is 16.5.